The van der Waals surface area contributed by atoms with Gasteiger partial charge < -0.3 is 9.64 Å². The molecule has 2 bridgehead atoms. The molecule has 1 spiro atoms. The van der Waals surface area contributed by atoms with Gasteiger partial charge in [-0.2, -0.15) is 4.39 Å². The number of thiazole rings is 1. The number of pyridine rings is 1. The third-order valence-corrected chi connectivity index (χ3v) is 6.74. The molecular weight excluding hydrogens is 341 g/mol. The molecule has 6 nitrogen and oxygen atoms in total. The minimum Gasteiger partial charge on any atom is -0.461 e. The molecule has 0 radical (unpaired) electrons. The molecule has 5 heterocycles. The summed E-state index contributed by atoms with van der Waals surface area (Å²) < 4.78 is 19.4. The number of piperidine rings is 3. The summed E-state index contributed by atoms with van der Waals surface area (Å²) in [6.07, 6.45) is 3.93. The number of hydrogen-bond donors (Lipinski definition) is 1. The van der Waals surface area contributed by atoms with Crippen molar-refractivity contribution in [2.45, 2.75) is 25.4 Å². The quantitative estimate of drug-likeness (QED) is 0.506. The summed E-state index contributed by atoms with van der Waals surface area (Å²) in [5.74, 6) is 0.292. The fraction of sp³-hybridized carbons (Fsp3) is 0.588. The fourth-order valence-corrected chi connectivity index (χ4v) is 5.28. The van der Waals surface area contributed by atoms with Crippen LogP contribution in [0.3, 0.4) is 0 Å². The first-order valence-electron chi connectivity index (χ1n) is 8.72. The monoisotopic (exact) mass is 361 g/mol. The number of amidine groups is 1. The van der Waals surface area contributed by atoms with Crippen molar-refractivity contribution in [2.75, 3.05) is 32.0 Å². The van der Waals surface area contributed by atoms with Crippen LogP contribution >= 0.6 is 11.3 Å². The van der Waals surface area contributed by atoms with E-state index >= 15 is 0 Å². The first-order chi connectivity index (χ1) is 12.2. The van der Waals surface area contributed by atoms with Gasteiger partial charge in [-0.15, -0.1) is 0 Å². The van der Waals surface area contributed by atoms with Gasteiger partial charge in [0.25, 0.3) is 6.02 Å². The molecule has 4 aliphatic rings. The van der Waals surface area contributed by atoms with Crippen LogP contribution in [0, 0.1) is 17.3 Å². The Labute approximate surface area is 149 Å². The first kappa shape index (κ1) is 15.5. The van der Waals surface area contributed by atoms with E-state index in [0.29, 0.717) is 26.9 Å². The molecule has 1 N–H and O–H groups in total. The zero-order valence-corrected chi connectivity index (χ0v) is 14.9. The van der Waals surface area contributed by atoms with Crippen LogP contribution in [0.4, 0.5) is 9.52 Å². The largest absolute Gasteiger partial charge is 0.461 e. The van der Waals surface area contributed by atoms with Crippen molar-refractivity contribution < 1.29 is 9.13 Å². The number of aromatic nitrogens is 2. The highest BCUT2D eigenvalue weighted by Crippen LogP contribution is 2.60. The van der Waals surface area contributed by atoms with Crippen LogP contribution in [0.2, 0.25) is 0 Å². The molecule has 1 saturated carbocycles. The molecule has 3 aliphatic heterocycles. The van der Waals surface area contributed by atoms with Gasteiger partial charge in [0.15, 0.2) is 5.13 Å². The number of hydrogen-bond acceptors (Lipinski definition) is 6. The minimum atomic E-state index is -0.495. The highest BCUT2D eigenvalue weighted by molar-refractivity contribution is 7.21. The van der Waals surface area contributed by atoms with Gasteiger partial charge in [0.2, 0.25) is 5.95 Å². The molecule has 0 aromatic carbocycles. The second kappa shape index (κ2) is 5.60. The summed E-state index contributed by atoms with van der Waals surface area (Å²) in [6, 6.07) is 3.43. The van der Waals surface area contributed by atoms with Crippen molar-refractivity contribution in [1.82, 2.24) is 14.9 Å². The van der Waals surface area contributed by atoms with E-state index in [0.717, 1.165) is 18.9 Å². The summed E-state index contributed by atoms with van der Waals surface area (Å²) in [6.45, 7) is 3.63. The lowest BCUT2D eigenvalue weighted by Gasteiger charge is -2.45. The zero-order chi connectivity index (χ0) is 17.0. The Morgan fingerprint density at radius 1 is 1.40 bits per heavy atom. The van der Waals surface area contributed by atoms with E-state index in [1.54, 1.807) is 13.1 Å². The second-order valence-corrected chi connectivity index (χ2v) is 8.20. The third-order valence-electron chi connectivity index (χ3n) is 5.86. The van der Waals surface area contributed by atoms with Crippen LogP contribution in [0.5, 0.6) is 0 Å². The van der Waals surface area contributed by atoms with Gasteiger partial charge >= 0.3 is 0 Å². The average molecular weight is 361 g/mol. The van der Waals surface area contributed by atoms with Crippen molar-refractivity contribution in [3.63, 3.8) is 0 Å². The predicted octanol–water partition coefficient (Wildman–Crippen LogP) is 2.73. The van der Waals surface area contributed by atoms with E-state index < -0.39 is 5.95 Å². The van der Waals surface area contributed by atoms with Gasteiger partial charge in [0.1, 0.15) is 16.5 Å². The Bertz CT molecular complexity index is 847. The molecule has 2 aromatic heterocycles. The van der Waals surface area contributed by atoms with Gasteiger partial charge in [0.05, 0.1) is 0 Å². The number of halogens is 1. The lowest BCUT2D eigenvalue weighted by Crippen LogP contribution is -2.50. The molecule has 3 saturated heterocycles. The van der Waals surface area contributed by atoms with E-state index in [1.807, 2.05) is 0 Å². The van der Waals surface area contributed by atoms with Crippen LogP contribution in [0.25, 0.3) is 10.3 Å². The van der Waals surface area contributed by atoms with Crippen LogP contribution < -0.4 is 5.32 Å². The molecule has 2 aromatic rings. The van der Waals surface area contributed by atoms with Gasteiger partial charge in [-0.05, 0) is 50.4 Å². The van der Waals surface area contributed by atoms with Crippen LogP contribution in [-0.2, 0) is 4.74 Å². The molecule has 4 fully saturated rings. The maximum absolute atomic E-state index is 13.2. The molecular formula is C17H20FN5OS. The number of nitrogens with one attached hydrogen (secondary N) is 1. The van der Waals surface area contributed by atoms with Gasteiger partial charge in [-0.3, -0.25) is 5.32 Å². The standard InChI is InChI=1S/C17H20FN5OS/c1-19-15(22-16-20-11-2-3-13(18)21-14(11)25-16)24-12-8-17(12)9-23-6-4-10(17)5-7-23/h2-3,10,12H,4-9H2,1H3,(H,19,20,22). The molecule has 0 amide bonds. The Morgan fingerprint density at radius 2 is 2.24 bits per heavy atom. The van der Waals surface area contributed by atoms with Gasteiger partial charge in [0, 0.05) is 19.0 Å². The molecule has 25 heavy (non-hydrogen) atoms. The average Bonchev–Trinajstić information content (AvgIpc) is 3.11. The first-order valence-corrected chi connectivity index (χ1v) is 9.54. The Balaban J connectivity index is 1.28. The lowest BCUT2D eigenvalue weighted by molar-refractivity contribution is 0.0115. The van der Waals surface area contributed by atoms with E-state index in [4.69, 9.17) is 4.74 Å². The number of ether oxygens (including phenoxy) is 1. The third kappa shape index (κ3) is 2.58. The molecule has 6 rings (SSSR count). The van der Waals surface area contributed by atoms with E-state index in [1.165, 1.54) is 43.3 Å². The Hall–Kier alpha value is -1.80. The lowest BCUT2D eigenvalue weighted by atomic mass is 9.76. The van der Waals surface area contributed by atoms with Crippen LogP contribution in [0.15, 0.2) is 17.1 Å². The normalized spacial score (nSPS) is 33.8. The number of rotatable bonds is 2. The van der Waals surface area contributed by atoms with Crippen LogP contribution in [-0.4, -0.2) is 53.7 Å². The number of fused-ring (bicyclic) bond motifs is 3. The minimum absolute atomic E-state index is 0.233. The number of nitrogens with zero attached hydrogens (tertiary/aromatic N) is 4. The predicted molar refractivity (Wildman–Crippen MR) is 95.4 cm³/mol. The highest BCUT2D eigenvalue weighted by atomic mass is 32.1. The molecule has 2 atom stereocenters. The number of aliphatic imine (C=N–C) groups is 1. The van der Waals surface area contributed by atoms with Gasteiger partial charge in [-0.25, -0.2) is 15.0 Å². The summed E-state index contributed by atoms with van der Waals surface area (Å²) >= 11 is 1.30. The summed E-state index contributed by atoms with van der Waals surface area (Å²) in [4.78, 5) is 15.6. The number of anilines is 1. The van der Waals surface area contributed by atoms with Crippen molar-refractivity contribution in [3.8, 4) is 0 Å². The van der Waals surface area contributed by atoms with Crippen molar-refractivity contribution in [3.05, 3.63) is 18.1 Å². The molecule has 132 valence electrons. The van der Waals surface area contributed by atoms with Crippen molar-refractivity contribution in [1.29, 1.82) is 0 Å². The van der Waals surface area contributed by atoms with E-state index in [-0.39, 0.29) is 6.10 Å². The van der Waals surface area contributed by atoms with Gasteiger partial charge in [-0.1, -0.05) is 11.3 Å². The summed E-state index contributed by atoms with van der Waals surface area (Å²) in [5, 5.41) is 3.76. The SMILES string of the molecule is CN=C(Nc1nc2ccc(F)nc2s1)OC1CC12CN1CCC2CC1. The smallest absolute Gasteiger partial charge is 0.291 e. The van der Waals surface area contributed by atoms with E-state index in [2.05, 4.69) is 25.2 Å². The molecule has 2 unspecified atom stereocenters. The summed E-state index contributed by atoms with van der Waals surface area (Å²) in [7, 11) is 1.71. The van der Waals surface area contributed by atoms with Crippen molar-refractivity contribution in [2.24, 2.45) is 16.3 Å². The maximum atomic E-state index is 13.2. The Morgan fingerprint density at radius 3 is 2.96 bits per heavy atom. The fourth-order valence-electron chi connectivity index (χ4n) is 4.46. The zero-order valence-electron chi connectivity index (χ0n) is 14.0. The topological polar surface area (TPSA) is 62.6 Å². The van der Waals surface area contributed by atoms with Crippen molar-refractivity contribution >= 4 is 32.8 Å². The van der Waals surface area contributed by atoms with E-state index in [9.17, 15) is 4.39 Å². The molecule has 1 aliphatic carbocycles. The second-order valence-electron chi connectivity index (χ2n) is 7.23. The summed E-state index contributed by atoms with van der Waals surface area (Å²) in [5.41, 5.74) is 0.997. The van der Waals surface area contributed by atoms with Crippen LogP contribution in [0.1, 0.15) is 19.3 Å². The highest BCUT2D eigenvalue weighted by Gasteiger charge is 2.64. The maximum Gasteiger partial charge on any atom is 0.291 e. The Kier molecular flexibility index (Phi) is 3.46. The molecule has 8 heteroatoms.